The lowest BCUT2D eigenvalue weighted by Crippen LogP contribution is -2.47. The molecular weight excluding hydrogens is 364 g/mol. The second kappa shape index (κ2) is 7.35. The summed E-state index contributed by atoms with van der Waals surface area (Å²) in [5.74, 6) is 1.04. The van der Waals surface area contributed by atoms with E-state index in [4.69, 9.17) is 11.6 Å². The highest BCUT2D eigenvalue weighted by Crippen LogP contribution is 2.38. The van der Waals surface area contributed by atoms with Crippen LogP contribution in [-0.2, 0) is 0 Å². The van der Waals surface area contributed by atoms with Crippen LogP contribution in [0.25, 0.3) is 21.3 Å². The van der Waals surface area contributed by atoms with Gasteiger partial charge < -0.3 is 4.90 Å². The number of thiophene rings is 1. The molecule has 6 heteroatoms. The van der Waals surface area contributed by atoms with Crippen LogP contribution in [0, 0.1) is 0 Å². The second-order valence-corrected chi connectivity index (χ2v) is 8.05. The lowest BCUT2D eigenvalue weighted by atomic mass is 10.1. The molecule has 3 heterocycles. The quantitative estimate of drug-likeness (QED) is 0.610. The lowest BCUT2D eigenvalue weighted by molar-refractivity contribution is 0.278. The molecule has 0 unspecified atom stereocenters. The number of aromatic nitrogens is 2. The number of hydrogen-bond acceptors (Lipinski definition) is 5. The highest BCUT2D eigenvalue weighted by Gasteiger charge is 2.22. The molecular formula is C20H21ClN4S. The molecule has 4 nitrogen and oxygen atoms in total. The SMILES string of the molecule is C=C(C)CN1CCN(c2ncnc3scc(-c4ccc(Cl)cc4)c23)CC1. The first-order valence-corrected chi connectivity index (χ1v) is 9.97. The number of rotatable bonds is 4. The molecule has 4 rings (SSSR count). The van der Waals surface area contributed by atoms with Crippen LogP contribution in [0.3, 0.4) is 0 Å². The maximum atomic E-state index is 6.05. The van der Waals surface area contributed by atoms with Gasteiger partial charge in [0.15, 0.2) is 0 Å². The second-order valence-electron chi connectivity index (χ2n) is 6.75. The average Bonchev–Trinajstić information content (AvgIpc) is 3.07. The lowest BCUT2D eigenvalue weighted by Gasteiger charge is -2.35. The Morgan fingerprint density at radius 3 is 2.58 bits per heavy atom. The Labute approximate surface area is 162 Å². The summed E-state index contributed by atoms with van der Waals surface area (Å²) in [5.41, 5.74) is 3.55. The van der Waals surface area contributed by atoms with Gasteiger partial charge in [-0.2, -0.15) is 0 Å². The van der Waals surface area contributed by atoms with E-state index in [0.717, 1.165) is 59.3 Å². The number of anilines is 1. The van der Waals surface area contributed by atoms with Crippen LogP contribution in [0.15, 0.2) is 48.1 Å². The molecule has 2 aromatic heterocycles. The molecule has 1 aliphatic heterocycles. The van der Waals surface area contributed by atoms with Gasteiger partial charge >= 0.3 is 0 Å². The predicted molar refractivity (Wildman–Crippen MR) is 111 cm³/mol. The summed E-state index contributed by atoms with van der Waals surface area (Å²) in [6, 6.07) is 7.98. The maximum absolute atomic E-state index is 6.05. The van der Waals surface area contributed by atoms with Gasteiger partial charge in [-0.3, -0.25) is 4.90 Å². The fourth-order valence-electron chi connectivity index (χ4n) is 3.44. The van der Waals surface area contributed by atoms with Crippen LogP contribution >= 0.6 is 22.9 Å². The number of benzene rings is 1. The topological polar surface area (TPSA) is 32.3 Å². The third-order valence-electron chi connectivity index (χ3n) is 4.67. The predicted octanol–water partition coefficient (Wildman–Crippen LogP) is 4.71. The van der Waals surface area contributed by atoms with Crippen LogP contribution in [0.5, 0.6) is 0 Å². The van der Waals surface area contributed by atoms with Crippen molar-refractivity contribution in [3.63, 3.8) is 0 Å². The molecule has 0 N–H and O–H groups in total. The van der Waals surface area contributed by atoms with Gasteiger partial charge in [0.25, 0.3) is 0 Å². The molecule has 0 bridgehead atoms. The zero-order valence-electron chi connectivity index (χ0n) is 14.8. The third-order valence-corrected chi connectivity index (χ3v) is 5.81. The van der Waals surface area contributed by atoms with Gasteiger partial charge in [-0.1, -0.05) is 35.9 Å². The molecule has 0 spiro atoms. The van der Waals surface area contributed by atoms with Crippen molar-refractivity contribution in [3.8, 4) is 11.1 Å². The molecule has 26 heavy (non-hydrogen) atoms. The van der Waals surface area contributed by atoms with Gasteiger partial charge in [0, 0.05) is 48.7 Å². The highest BCUT2D eigenvalue weighted by molar-refractivity contribution is 7.17. The number of hydrogen-bond donors (Lipinski definition) is 0. The van der Waals surface area contributed by atoms with Crippen molar-refractivity contribution >= 4 is 39.0 Å². The summed E-state index contributed by atoms with van der Waals surface area (Å²) in [6.45, 7) is 11.1. The minimum atomic E-state index is 0.749. The van der Waals surface area contributed by atoms with Gasteiger partial charge in [-0.05, 0) is 24.6 Å². The number of halogens is 1. The summed E-state index contributed by atoms with van der Waals surface area (Å²) in [4.78, 5) is 15.0. The molecule has 0 saturated carbocycles. The number of nitrogens with zero attached hydrogens (tertiary/aromatic N) is 4. The van der Waals surface area contributed by atoms with E-state index in [-0.39, 0.29) is 0 Å². The van der Waals surface area contributed by atoms with Crippen LogP contribution < -0.4 is 4.90 Å². The van der Waals surface area contributed by atoms with Crippen LogP contribution in [0.2, 0.25) is 5.02 Å². The average molecular weight is 385 g/mol. The van der Waals surface area contributed by atoms with E-state index in [1.807, 2.05) is 12.1 Å². The van der Waals surface area contributed by atoms with E-state index in [9.17, 15) is 0 Å². The standard InChI is InChI=1S/C20H21ClN4S/c1-14(2)11-24-7-9-25(10-8-24)19-18-17(12-26-20(18)23-13-22-19)15-3-5-16(21)6-4-15/h3-6,12-13H,1,7-11H2,2H3. The number of fused-ring (bicyclic) bond motifs is 1. The van der Waals surface area contributed by atoms with Crippen molar-refractivity contribution in [1.82, 2.24) is 14.9 Å². The Morgan fingerprint density at radius 1 is 1.15 bits per heavy atom. The zero-order valence-corrected chi connectivity index (χ0v) is 16.4. The van der Waals surface area contributed by atoms with E-state index < -0.39 is 0 Å². The van der Waals surface area contributed by atoms with Crippen molar-refractivity contribution in [2.75, 3.05) is 37.6 Å². The van der Waals surface area contributed by atoms with Gasteiger partial charge in [0.05, 0.1) is 5.39 Å². The molecule has 1 saturated heterocycles. The van der Waals surface area contributed by atoms with Crippen molar-refractivity contribution in [1.29, 1.82) is 0 Å². The van der Waals surface area contributed by atoms with E-state index >= 15 is 0 Å². The first kappa shape index (κ1) is 17.5. The largest absolute Gasteiger partial charge is 0.353 e. The first-order chi connectivity index (χ1) is 12.6. The fourth-order valence-corrected chi connectivity index (χ4v) is 4.48. The molecule has 1 fully saturated rings. The van der Waals surface area contributed by atoms with Crippen molar-refractivity contribution in [3.05, 3.63) is 53.1 Å². The number of piperazine rings is 1. The van der Waals surface area contributed by atoms with E-state index in [1.54, 1.807) is 17.7 Å². The van der Waals surface area contributed by atoms with Crippen molar-refractivity contribution in [2.24, 2.45) is 0 Å². The Hall–Kier alpha value is -1.95. The molecule has 0 radical (unpaired) electrons. The molecule has 134 valence electrons. The van der Waals surface area contributed by atoms with Crippen LogP contribution in [0.4, 0.5) is 5.82 Å². The molecule has 0 amide bonds. The summed E-state index contributed by atoms with van der Waals surface area (Å²) in [7, 11) is 0. The van der Waals surface area contributed by atoms with Gasteiger partial charge in [0.2, 0.25) is 0 Å². The summed E-state index contributed by atoms with van der Waals surface area (Å²) in [6.07, 6.45) is 1.68. The van der Waals surface area contributed by atoms with Gasteiger partial charge in [-0.25, -0.2) is 9.97 Å². The molecule has 1 aliphatic rings. The summed E-state index contributed by atoms with van der Waals surface area (Å²) >= 11 is 7.72. The molecule has 0 atom stereocenters. The molecule has 1 aromatic carbocycles. The Balaban J connectivity index is 1.67. The van der Waals surface area contributed by atoms with E-state index in [1.165, 1.54) is 11.1 Å². The van der Waals surface area contributed by atoms with Crippen LogP contribution in [-0.4, -0.2) is 47.6 Å². The fraction of sp³-hybridized carbons (Fsp3) is 0.300. The monoisotopic (exact) mass is 384 g/mol. The Kier molecular flexibility index (Phi) is 4.94. The first-order valence-electron chi connectivity index (χ1n) is 8.71. The van der Waals surface area contributed by atoms with Gasteiger partial charge in [0.1, 0.15) is 17.0 Å². The smallest absolute Gasteiger partial charge is 0.141 e. The molecule has 3 aromatic rings. The van der Waals surface area contributed by atoms with Crippen molar-refractivity contribution < 1.29 is 0 Å². The minimum absolute atomic E-state index is 0.749. The Bertz CT molecular complexity index is 927. The maximum Gasteiger partial charge on any atom is 0.141 e. The zero-order chi connectivity index (χ0) is 18.1. The van der Waals surface area contributed by atoms with Crippen LogP contribution in [0.1, 0.15) is 6.92 Å². The summed E-state index contributed by atoms with van der Waals surface area (Å²) in [5, 5.41) is 4.07. The van der Waals surface area contributed by atoms with E-state index in [2.05, 4.69) is 50.8 Å². The third kappa shape index (κ3) is 3.47. The minimum Gasteiger partial charge on any atom is -0.353 e. The van der Waals surface area contributed by atoms with Crippen molar-refractivity contribution in [2.45, 2.75) is 6.92 Å². The van der Waals surface area contributed by atoms with E-state index in [0.29, 0.717) is 0 Å². The van der Waals surface area contributed by atoms with Gasteiger partial charge in [-0.15, -0.1) is 11.3 Å². The molecule has 0 aliphatic carbocycles. The highest BCUT2D eigenvalue weighted by atomic mass is 35.5. The Morgan fingerprint density at radius 2 is 1.88 bits per heavy atom. The summed E-state index contributed by atoms with van der Waals surface area (Å²) < 4.78 is 0. The normalized spacial score (nSPS) is 15.5.